The summed E-state index contributed by atoms with van der Waals surface area (Å²) in [6.45, 7) is 5.35. The molecule has 1 amide bonds. The van der Waals surface area contributed by atoms with Crippen LogP contribution in [-0.4, -0.2) is 32.9 Å². The van der Waals surface area contributed by atoms with Crippen molar-refractivity contribution in [3.63, 3.8) is 0 Å². The van der Waals surface area contributed by atoms with Gasteiger partial charge in [0.05, 0.1) is 4.92 Å². The van der Waals surface area contributed by atoms with Gasteiger partial charge in [-0.15, -0.1) is 0 Å². The van der Waals surface area contributed by atoms with Gasteiger partial charge < -0.3 is 4.74 Å². The minimum Gasteiger partial charge on any atom is -0.484 e. The van der Waals surface area contributed by atoms with Gasteiger partial charge in [0.1, 0.15) is 12.1 Å². The highest BCUT2D eigenvalue weighted by atomic mass is 16.6. The molecule has 2 aromatic rings. The zero-order chi connectivity index (χ0) is 19.9. The molecule has 11 nitrogen and oxygen atoms in total. The number of hydrazine groups is 2. The van der Waals surface area contributed by atoms with Crippen LogP contribution in [0, 0.1) is 10.1 Å². The molecule has 1 aromatic carbocycles. The topological polar surface area (TPSA) is 143 Å². The van der Waals surface area contributed by atoms with Crippen LogP contribution in [0.4, 0.5) is 17.3 Å². The van der Waals surface area contributed by atoms with Crippen LogP contribution in [0.15, 0.2) is 36.7 Å². The van der Waals surface area contributed by atoms with Crippen LogP contribution in [0.25, 0.3) is 0 Å². The van der Waals surface area contributed by atoms with E-state index in [1.54, 1.807) is 24.3 Å². The number of nitro groups is 1. The fourth-order valence-corrected chi connectivity index (χ4v) is 1.81. The molecule has 0 spiro atoms. The normalized spacial score (nSPS) is 10.8. The molecule has 0 radical (unpaired) electrons. The molecule has 0 saturated carbocycles. The minimum absolute atomic E-state index is 0.0396. The number of amides is 1. The van der Waals surface area contributed by atoms with Gasteiger partial charge in [-0.25, -0.2) is 15.4 Å². The van der Waals surface area contributed by atoms with Gasteiger partial charge in [-0.1, -0.05) is 18.2 Å². The van der Waals surface area contributed by atoms with Gasteiger partial charge >= 0.3 is 5.69 Å². The van der Waals surface area contributed by atoms with Gasteiger partial charge in [0.25, 0.3) is 5.91 Å². The smallest absolute Gasteiger partial charge is 0.356 e. The lowest BCUT2D eigenvalue weighted by Crippen LogP contribution is -2.40. The first-order chi connectivity index (χ1) is 12.8. The number of rotatable bonds is 8. The van der Waals surface area contributed by atoms with Crippen LogP contribution in [0.2, 0.25) is 0 Å². The number of carbonyl (C=O) groups excluding carboxylic acids is 1. The fourth-order valence-electron chi connectivity index (χ4n) is 1.81. The molecule has 1 aromatic heterocycles. The fraction of sp³-hybridized carbons (Fsp3) is 0.312. The number of para-hydroxylation sites is 1. The number of ether oxygens (including phenoxy) is 1. The van der Waals surface area contributed by atoms with Gasteiger partial charge in [0.15, 0.2) is 6.61 Å². The van der Waals surface area contributed by atoms with Crippen molar-refractivity contribution in [1.82, 2.24) is 20.8 Å². The molecule has 144 valence electrons. The van der Waals surface area contributed by atoms with Crippen LogP contribution in [0.5, 0.6) is 5.75 Å². The number of carbonyl (C=O) groups is 1. The summed E-state index contributed by atoms with van der Waals surface area (Å²) in [4.78, 5) is 30.3. The van der Waals surface area contributed by atoms with Gasteiger partial charge in [-0.3, -0.25) is 31.2 Å². The molecule has 1 heterocycles. The van der Waals surface area contributed by atoms with E-state index in [0.29, 0.717) is 5.75 Å². The Balaban J connectivity index is 2.00. The minimum atomic E-state index is -0.651. The van der Waals surface area contributed by atoms with Gasteiger partial charge in [-0.05, 0) is 32.9 Å². The maximum atomic E-state index is 11.9. The second-order valence-electron chi connectivity index (χ2n) is 6.45. The molecule has 0 atom stereocenters. The molecular formula is C16H21N7O4. The predicted molar refractivity (Wildman–Crippen MR) is 98.9 cm³/mol. The second kappa shape index (κ2) is 8.76. The number of hydrogen-bond donors (Lipinski definition) is 4. The lowest BCUT2D eigenvalue weighted by molar-refractivity contribution is -0.383. The summed E-state index contributed by atoms with van der Waals surface area (Å²) in [5.41, 5.74) is 9.54. The highest BCUT2D eigenvalue weighted by Gasteiger charge is 2.24. The molecule has 0 aliphatic rings. The average Bonchev–Trinajstić information content (AvgIpc) is 2.63. The van der Waals surface area contributed by atoms with E-state index in [-0.39, 0.29) is 23.8 Å². The summed E-state index contributed by atoms with van der Waals surface area (Å²) in [5.74, 6) is -0.210. The van der Waals surface area contributed by atoms with Crippen LogP contribution in [0.3, 0.4) is 0 Å². The quantitative estimate of drug-likeness (QED) is 0.399. The van der Waals surface area contributed by atoms with Crippen LogP contribution < -0.4 is 26.4 Å². The monoisotopic (exact) mass is 375 g/mol. The third kappa shape index (κ3) is 6.40. The standard InChI is InChI=1S/C16H21N7O4/c1-16(2,3)22-21-15-13(23(25)26)14(17-10-18-15)20-19-12(24)9-27-11-7-5-4-6-8-11/h4-8,10,22H,9H2,1-3H3,(H,19,24)(H2,17,18,20,21). The number of anilines is 2. The predicted octanol–water partition coefficient (Wildman–Crippen LogP) is 1.62. The Morgan fingerprint density at radius 1 is 1.15 bits per heavy atom. The summed E-state index contributed by atoms with van der Waals surface area (Å²) >= 11 is 0. The molecule has 0 bridgehead atoms. The van der Waals surface area contributed by atoms with Crippen molar-refractivity contribution in [3.8, 4) is 5.75 Å². The van der Waals surface area contributed by atoms with Crippen molar-refractivity contribution in [2.24, 2.45) is 0 Å². The lowest BCUT2D eigenvalue weighted by atomic mass is 10.1. The van der Waals surface area contributed by atoms with E-state index in [1.165, 1.54) is 0 Å². The molecule has 2 rings (SSSR count). The summed E-state index contributed by atoms with van der Waals surface area (Å²) < 4.78 is 5.29. The number of hydrogen-bond acceptors (Lipinski definition) is 9. The van der Waals surface area contributed by atoms with Crippen molar-refractivity contribution in [3.05, 3.63) is 46.8 Å². The van der Waals surface area contributed by atoms with E-state index >= 15 is 0 Å². The van der Waals surface area contributed by atoms with Crippen molar-refractivity contribution in [1.29, 1.82) is 0 Å². The van der Waals surface area contributed by atoms with E-state index in [4.69, 9.17) is 4.74 Å². The molecular weight excluding hydrogens is 354 g/mol. The van der Waals surface area contributed by atoms with E-state index in [0.717, 1.165) is 6.33 Å². The highest BCUT2D eigenvalue weighted by molar-refractivity contribution is 5.80. The van der Waals surface area contributed by atoms with Gasteiger partial charge in [0, 0.05) is 5.54 Å². The molecule has 4 N–H and O–H groups in total. The molecule has 11 heteroatoms. The summed E-state index contributed by atoms with van der Waals surface area (Å²) in [7, 11) is 0. The third-order valence-corrected chi connectivity index (χ3v) is 2.99. The van der Waals surface area contributed by atoms with Crippen molar-refractivity contribution < 1.29 is 14.5 Å². The molecule has 0 unspecified atom stereocenters. The van der Waals surface area contributed by atoms with Crippen molar-refractivity contribution >= 4 is 23.2 Å². The first-order valence-electron chi connectivity index (χ1n) is 8.01. The van der Waals surface area contributed by atoms with Crippen molar-refractivity contribution in [2.75, 3.05) is 17.5 Å². The summed E-state index contributed by atoms with van der Waals surface area (Å²) in [6, 6.07) is 8.78. The average molecular weight is 375 g/mol. The number of aromatic nitrogens is 2. The molecule has 0 fully saturated rings. The van der Waals surface area contributed by atoms with Crippen LogP contribution in [0.1, 0.15) is 20.8 Å². The Bertz CT molecular complexity index is 793. The summed E-state index contributed by atoms with van der Waals surface area (Å²) in [5, 5.41) is 11.4. The lowest BCUT2D eigenvalue weighted by Gasteiger charge is -2.21. The number of nitrogens with zero attached hydrogens (tertiary/aromatic N) is 3. The SMILES string of the molecule is CC(C)(C)NNc1ncnc(NNC(=O)COc2ccccc2)c1[N+](=O)[O-]. The van der Waals surface area contributed by atoms with Gasteiger partial charge in [-0.2, -0.15) is 0 Å². The maximum absolute atomic E-state index is 11.9. The molecule has 0 aliphatic carbocycles. The highest BCUT2D eigenvalue weighted by Crippen LogP contribution is 2.28. The second-order valence-corrected chi connectivity index (χ2v) is 6.45. The zero-order valence-electron chi connectivity index (χ0n) is 15.1. The summed E-state index contributed by atoms with van der Waals surface area (Å²) in [6.07, 6.45) is 1.13. The molecule has 27 heavy (non-hydrogen) atoms. The van der Waals surface area contributed by atoms with Crippen LogP contribution in [-0.2, 0) is 4.79 Å². The number of benzene rings is 1. The van der Waals surface area contributed by atoms with E-state index < -0.39 is 16.5 Å². The van der Waals surface area contributed by atoms with E-state index in [2.05, 4.69) is 31.7 Å². The first kappa shape index (κ1) is 19.8. The number of nitrogens with one attached hydrogen (secondary N) is 4. The Labute approximate surface area is 155 Å². The third-order valence-electron chi connectivity index (χ3n) is 2.99. The maximum Gasteiger partial charge on any atom is 0.356 e. The Morgan fingerprint density at radius 2 is 1.78 bits per heavy atom. The first-order valence-corrected chi connectivity index (χ1v) is 8.01. The Kier molecular flexibility index (Phi) is 6.44. The van der Waals surface area contributed by atoms with E-state index in [1.807, 2.05) is 26.8 Å². The Hall–Kier alpha value is -3.47. The zero-order valence-corrected chi connectivity index (χ0v) is 15.1. The Morgan fingerprint density at radius 3 is 2.37 bits per heavy atom. The van der Waals surface area contributed by atoms with E-state index in [9.17, 15) is 14.9 Å². The van der Waals surface area contributed by atoms with Gasteiger partial charge in [0.2, 0.25) is 11.6 Å². The molecule has 0 saturated heterocycles. The molecule has 0 aliphatic heterocycles. The van der Waals surface area contributed by atoms with Crippen molar-refractivity contribution in [2.45, 2.75) is 26.3 Å². The largest absolute Gasteiger partial charge is 0.484 e. The van der Waals surface area contributed by atoms with Crippen LogP contribution >= 0.6 is 0 Å².